The van der Waals surface area contributed by atoms with E-state index in [-0.39, 0.29) is 12.4 Å². The van der Waals surface area contributed by atoms with E-state index >= 15 is 0 Å². The Balaban J connectivity index is 0.00000128. The number of hydrogen-bond acceptors (Lipinski definition) is 2. The summed E-state index contributed by atoms with van der Waals surface area (Å²) < 4.78 is 5.22. The summed E-state index contributed by atoms with van der Waals surface area (Å²) in [6.45, 7) is 0.990. The number of halogens is 1. The number of rotatable bonds is 4. The van der Waals surface area contributed by atoms with E-state index in [4.69, 9.17) is 4.74 Å². The molecule has 16 heavy (non-hydrogen) atoms. The number of aromatic nitrogens is 1. The number of benzene rings is 1. The molecule has 0 atom stereocenters. The first-order valence-corrected chi connectivity index (χ1v) is 5.13. The summed E-state index contributed by atoms with van der Waals surface area (Å²) in [5, 5.41) is 4.41. The van der Waals surface area contributed by atoms with Crippen molar-refractivity contribution in [2.75, 3.05) is 20.7 Å². The molecule has 0 unspecified atom stereocenters. The van der Waals surface area contributed by atoms with Crippen LogP contribution in [0.15, 0.2) is 24.4 Å². The molecule has 0 amide bonds. The molecule has 2 rings (SSSR count). The van der Waals surface area contributed by atoms with Gasteiger partial charge in [-0.15, -0.1) is 12.4 Å². The van der Waals surface area contributed by atoms with Crippen LogP contribution in [0.4, 0.5) is 0 Å². The van der Waals surface area contributed by atoms with Crippen LogP contribution in [-0.2, 0) is 6.42 Å². The highest BCUT2D eigenvalue weighted by molar-refractivity contribution is 5.85. The van der Waals surface area contributed by atoms with Crippen molar-refractivity contribution < 1.29 is 4.74 Å². The fourth-order valence-corrected chi connectivity index (χ4v) is 1.75. The molecule has 0 aliphatic carbocycles. The first-order chi connectivity index (χ1) is 7.35. The largest absolute Gasteiger partial charge is 0.497 e. The minimum absolute atomic E-state index is 0. The fourth-order valence-electron chi connectivity index (χ4n) is 1.75. The number of methoxy groups -OCH3 is 1. The minimum Gasteiger partial charge on any atom is -0.497 e. The van der Waals surface area contributed by atoms with Gasteiger partial charge in [0.25, 0.3) is 0 Å². The highest BCUT2D eigenvalue weighted by Crippen LogP contribution is 2.23. The lowest BCUT2D eigenvalue weighted by molar-refractivity contribution is 0.415. The highest BCUT2D eigenvalue weighted by Gasteiger charge is 2.04. The molecule has 0 saturated heterocycles. The van der Waals surface area contributed by atoms with E-state index in [1.54, 1.807) is 7.11 Å². The van der Waals surface area contributed by atoms with Crippen molar-refractivity contribution in [1.29, 1.82) is 0 Å². The van der Waals surface area contributed by atoms with Crippen molar-refractivity contribution >= 4 is 23.3 Å². The van der Waals surface area contributed by atoms with Gasteiger partial charge in [-0.3, -0.25) is 0 Å². The smallest absolute Gasteiger partial charge is 0.119 e. The highest BCUT2D eigenvalue weighted by atomic mass is 35.5. The van der Waals surface area contributed by atoms with Gasteiger partial charge in [-0.25, -0.2) is 0 Å². The molecular formula is C12H17ClN2O. The van der Waals surface area contributed by atoms with E-state index in [0.717, 1.165) is 18.7 Å². The summed E-state index contributed by atoms with van der Waals surface area (Å²) in [5.41, 5.74) is 2.50. The Labute approximate surface area is 102 Å². The van der Waals surface area contributed by atoms with Crippen LogP contribution in [-0.4, -0.2) is 25.7 Å². The Morgan fingerprint density at radius 1 is 1.38 bits per heavy atom. The Morgan fingerprint density at radius 2 is 2.19 bits per heavy atom. The van der Waals surface area contributed by atoms with Gasteiger partial charge in [0.2, 0.25) is 0 Å². The molecule has 0 aliphatic rings. The summed E-state index contributed by atoms with van der Waals surface area (Å²) >= 11 is 0. The number of ether oxygens (including phenoxy) is 1. The maximum atomic E-state index is 5.22. The minimum atomic E-state index is 0. The number of nitrogens with one attached hydrogen (secondary N) is 2. The monoisotopic (exact) mass is 240 g/mol. The van der Waals surface area contributed by atoms with Gasteiger partial charge in [-0.1, -0.05) is 0 Å². The van der Waals surface area contributed by atoms with Gasteiger partial charge >= 0.3 is 0 Å². The molecule has 0 aliphatic heterocycles. The van der Waals surface area contributed by atoms with Gasteiger partial charge in [0, 0.05) is 17.1 Å². The molecule has 0 saturated carbocycles. The molecule has 0 spiro atoms. The van der Waals surface area contributed by atoms with Crippen LogP contribution in [0.2, 0.25) is 0 Å². The third-order valence-corrected chi connectivity index (χ3v) is 2.62. The van der Waals surface area contributed by atoms with Gasteiger partial charge in [0.05, 0.1) is 7.11 Å². The number of H-pyrrole nitrogens is 1. The molecular weight excluding hydrogens is 224 g/mol. The van der Waals surface area contributed by atoms with Gasteiger partial charge in [-0.2, -0.15) is 0 Å². The summed E-state index contributed by atoms with van der Waals surface area (Å²) in [4.78, 5) is 3.27. The molecule has 0 fully saturated rings. The first-order valence-electron chi connectivity index (χ1n) is 5.13. The maximum Gasteiger partial charge on any atom is 0.119 e. The lowest BCUT2D eigenvalue weighted by Crippen LogP contribution is -2.09. The lowest BCUT2D eigenvalue weighted by atomic mass is 10.1. The van der Waals surface area contributed by atoms with E-state index in [9.17, 15) is 0 Å². The maximum absolute atomic E-state index is 5.22. The number of fused-ring (bicyclic) bond motifs is 1. The van der Waals surface area contributed by atoms with Crippen LogP contribution in [0.1, 0.15) is 5.56 Å². The van der Waals surface area contributed by atoms with Crippen molar-refractivity contribution in [3.8, 4) is 5.75 Å². The van der Waals surface area contributed by atoms with Crippen molar-refractivity contribution in [2.24, 2.45) is 0 Å². The Kier molecular flexibility index (Phi) is 4.65. The zero-order chi connectivity index (χ0) is 10.7. The van der Waals surface area contributed by atoms with Crippen LogP contribution in [0.3, 0.4) is 0 Å². The lowest BCUT2D eigenvalue weighted by Gasteiger charge is -2.01. The Bertz CT molecular complexity index is 453. The van der Waals surface area contributed by atoms with Crippen molar-refractivity contribution in [3.05, 3.63) is 30.0 Å². The molecule has 88 valence electrons. The number of hydrogen-bond donors (Lipinski definition) is 2. The zero-order valence-electron chi connectivity index (χ0n) is 9.54. The van der Waals surface area contributed by atoms with Crippen molar-refractivity contribution in [2.45, 2.75) is 6.42 Å². The van der Waals surface area contributed by atoms with Gasteiger partial charge < -0.3 is 15.0 Å². The van der Waals surface area contributed by atoms with Crippen LogP contribution in [0.25, 0.3) is 10.9 Å². The van der Waals surface area contributed by atoms with E-state index in [2.05, 4.69) is 28.6 Å². The third kappa shape index (κ3) is 2.49. The predicted molar refractivity (Wildman–Crippen MR) is 69.7 cm³/mol. The van der Waals surface area contributed by atoms with Crippen molar-refractivity contribution in [1.82, 2.24) is 10.3 Å². The second-order valence-electron chi connectivity index (χ2n) is 3.58. The molecule has 1 heterocycles. The second kappa shape index (κ2) is 5.77. The van der Waals surface area contributed by atoms with E-state index in [0.29, 0.717) is 0 Å². The van der Waals surface area contributed by atoms with Crippen LogP contribution < -0.4 is 10.1 Å². The topological polar surface area (TPSA) is 37.0 Å². The van der Waals surface area contributed by atoms with Gasteiger partial charge in [0.15, 0.2) is 0 Å². The normalized spacial score (nSPS) is 10.1. The summed E-state index contributed by atoms with van der Waals surface area (Å²) in [6, 6.07) is 6.11. The number of aromatic amines is 1. The fraction of sp³-hybridized carbons (Fsp3) is 0.333. The SMILES string of the molecule is CNCCc1c[nH]c2ccc(OC)cc12.Cl. The molecule has 1 aromatic heterocycles. The number of likely N-dealkylation sites (N-methyl/N-ethyl adjacent to an activating group) is 1. The molecule has 1 aromatic carbocycles. The quantitative estimate of drug-likeness (QED) is 0.861. The summed E-state index contributed by atoms with van der Waals surface area (Å²) in [6.07, 6.45) is 3.10. The Morgan fingerprint density at radius 3 is 2.88 bits per heavy atom. The summed E-state index contributed by atoms with van der Waals surface area (Å²) in [7, 11) is 3.66. The zero-order valence-corrected chi connectivity index (χ0v) is 10.4. The average molecular weight is 241 g/mol. The average Bonchev–Trinajstić information content (AvgIpc) is 2.68. The van der Waals surface area contributed by atoms with E-state index in [1.165, 1.54) is 16.5 Å². The Hall–Kier alpha value is -1.19. The third-order valence-electron chi connectivity index (χ3n) is 2.62. The summed E-state index contributed by atoms with van der Waals surface area (Å²) in [5.74, 6) is 0.910. The van der Waals surface area contributed by atoms with Gasteiger partial charge in [0.1, 0.15) is 5.75 Å². The molecule has 4 heteroatoms. The van der Waals surface area contributed by atoms with Crippen LogP contribution in [0, 0.1) is 0 Å². The van der Waals surface area contributed by atoms with Crippen molar-refractivity contribution in [3.63, 3.8) is 0 Å². The van der Waals surface area contributed by atoms with Crippen LogP contribution >= 0.6 is 12.4 Å². The van der Waals surface area contributed by atoms with E-state index in [1.807, 2.05) is 13.1 Å². The standard InChI is InChI=1S/C12H16N2O.ClH/c1-13-6-5-9-8-14-12-4-3-10(15-2)7-11(9)12;/h3-4,7-8,13-14H,5-6H2,1-2H3;1H. The molecule has 2 N–H and O–H groups in total. The molecule has 3 nitrogen and oxygen atoms in total. The molecule has 2 aromatic rings. The molecule has 0 bridgehead atoms. The van der Waals surface area contributed by atoms with E-state index < -0.39 is 0 Å². The molecule has 0 radical (unpaired) electrons. The van der Waals surface area contributed by atoms with Crippen LogP contribution in [0.5, 0.6) is 5.75 Å². The van der Waals surface area contributed by atoms with Gasteiger partial charge in [-0.05, 0) is 43.8 Å². The predicted octanol–water partition coefficient (Wildman–Crippen LogP) is 2.36. The first kappa shape index (κ1) is 12.9. The second-order valence-corrected chi connectivity index (χ2v) is 3.58.